The van der Waals surface area contributed by atoms with Crippen LogP contribution in [-0.4, -0.2) is 103 Å². The van der Waals surface area contributed by atoms with Crippen LogP contribution >= 0.6 is 45.9 Å². The summed E-state index contributed by atoms with van der Waals surface area (Å²) in [7, 11) is 1.10. The Morgan fingerprint density at radius 3 is 1.88 bits per heavy atom. The monoisotopic (exact) mass is 876 g/mol. The third-order valence-corrected chi connectivity index (χ3v) is 13.8. The summed E-state index contributed by atoms with van der Waals surface area (Å²) in [6.07, 6.45) is -7.76. The van der Waals surface area contributed by atoms with Gasteiger partial charge in [0.2, 0.25) is 18.1 Å². The van der Waals surface area contributed by atoms with Gasteiger partial charge in [-0.05, 0) is 53.3 Å². The van der Waals surface area contributed by atoms with Crippen LogP contribution in [0.4, 0.5) is 11.4 Å². The van der Waals surface area contributed by atoms with E-state index in [4.69, 9.17) is 46.9 Å². The molecule has 2 N–H and O–H groups in total. The molecular weight excluding hydrogens is 835 g/mol. The largest absolute Gasteiger partial charge is 0.506 e. The van der Waals surface area contributed by atoms with E-state index in [0.29, 0.717) is 28.5 Å². The highest BCUT2D eigenvalue weighted by Crippen LogP contribution is 2.51. The van der Waals surface area contributed by atoms with Crippen molar-refractivity contribution in [2.24, 2.45) is 0 Å². The SMILES string of the molecule is COC(=O)[C@H]1O[C@@H](Oc2cc3c(c4c(C)csc24)[C@H](CCl)CN3C(=O)CCCC(=O)N2C[C@@H](CCl)c3c2cc(O)c2scc(C)c32)[C@H](OC(C)=O)[C@@H](O)[C@@H]1OC(C)=O. The van der Waals surface area contributed by atoms with Crippen molar-refractivity contribution in [3.63, 3.8) is 0 Å². The van der Waals surface area contributed by atoms with Crippen LogP contribution in [0.2, 0.25) is 0 Å². The first-order chi connectivity index (χ1) is 27.7. The number of aliphatic hydroxyl groups excluding tert-OH is 1. The van der Waals surface area contributed by atoms with Crippen molar-refractivity contribution in [2.75, 3.05) is 41.8 Å². The number of thiophene rings is 2. The Kier molecular flexibility index (Phi) is 12.2. The first-order valence-corrected chi connectivity index (χ1v) is 21.4. The number of benzene rings is 2. The Labute approximate surface area is 351 Å². The number of rotatable bonds is 11. The van der Waals surface area contributed by atoms with Crippen molar-refractivity contribution in [2.45, 2.75) is 89.5 Å². The molecule has 0 radical (unpaired) electrons. The van der Waals surface area contributed by atoms with Crippen molar-refractivity contribution in [1.82, 2.24) is 0 Å². The zero-order valence-corrected chi connectivity index (χ0v) is 35.4. The van der Waals surface area contributed by atoms with Crippen LogP contribution in [0.1, 0.15) is 67.2 Å². The highest BCUT2D eigenvalue weighted by molar-refractivity contribution is 7.18. The minimum atomic E-state index is -1.76. The topological polar surface area (TPSA) is 178 Å². The molecule has 3 aliphatic rings. The predicted octanol–water partition coefficient (Wildman–Crippen LogP) is 6.15. The summed E-state index contributed by atoms with van der Waals surface area (Å²) < 4.78 is 29.2. The molecule has 2 aromatic heterocycles. The number of phenolic OH excluding ortho intramolecular Hbond substituents is 1. The number of aryl methyl sites for hydroxylation is 2. The fraction of sp³-hybridized carbons (Fsp3) is 0.475. The van der Waals surface area contributed by atoms with Gasteiger partial charge in [-0.1, -0.05) is 0 Å². The van der Waals surface area contributed by atoms with Crippen molar-refractivity contribution < 1.29 is 57.9 Å². The van der Waals surface area contributed by atoms with Gasteiger partial charge < -0.3 is 43.7 Å². The third kappa shape index (κ3) is 7.47. The first-order valence-electron chi connectivity index (χ1n) is 18.6. The molecule has 1 saturated heterocycles. The predicted molar refractivity (Wildman–Crippen MR) is 219 cm³/mol. The lowest BCUT2D eigenvalue weighted by Crippen LogP contribution is -2.63. The van der Waals surface area contributed by atoms with Crippen molar-refractivity contribution in [3.8, 4) is 11.5 Å². The second-order valence-corrected chi connectivity index (χ2v) is 17.0. The van der Waals surface area contributed by atoms with E-state index in [1.165, 1.54) is 22.7 Å². The zero-order valence-electron chi connectivity index (χ0n) is 32.2. The number of amides is 2. The maximum Gasteiger partial charge on any atom is 0.339 e. The van der Waals surface area contributed by atoms with E-state index in [2.05, 4.69) is 0 Å². The average molecular weight is 878 g/mol. The van der Waals surface area contributed by atoms with Crippen LogP contribution in [0.25, 0.3) is 20.2 Å². The fourth-order valence-electron chi connectivity index (χ4n) is 8.28. The van der Waals surface area contributed by atoms with Crippen molar-refractivity contribution in [3.05, 3.63) is 45.1 Å². The third-order valence-electron chi connectivity index (χ3n) is 10.8. The van der Waals surface area contributed by atoms with Crippen molar-refractivity contribution >= 4 is 107 Å². The summed E-state index contributed by atoms with van der Waals surface area (Å²) in [4.78, 5) is 68.1. The van der Waals surface area contributed by atoms with E-state index in [1.807, 2.05) is 24.6 Å². The summed E-state index contributed by atoms with van der Waals surface area (Å²) >= 11 is 15.7. The van der Waals surface area contributed by atoms with Gasteiger partial charge in [0.25, 0.3) is 0 Å². The number of alkyl halides is 2. The van der Waals surface area contributed by atoms with Crippen LogP contribution in [0.5, 0.6) is 11.5 Å². The van der Waals surface area contributed by atoms with Crippen LogP contribution in [0.15, 0.2) is 22.9 Å². The van der Waals surface area contributed by atoms with Crippen LogP contribution < -0.4 is 14.5 Å². The van der Waals surface area contributed by atoms with Gasteiger partial charge in [0.15, 0.2) is 18.3 Å². The van der Waals surface area contributed by atoms with Gasteiger partial charge in [-0.15, -0.1) is 45.9 Å². The molecule has 0 bridgehead atoms. The summed E-state index contributed by atoms with van der Waals surface area (Å²) in [5.41, 5.74) is 4.87. The number of carbonyl (C=O) groups excluding carboxylic acids is 5. The number of ether oxygens (including phenoxy) is 5. The maximum atomic E-state index is 14.1. The van der Waals surface area contributed by atoms with E-state index < -0.39 is 48.6 Å². The molecule has 5 heterocycles. The highest BCUT2D eigenvalue weighted by Gasteiger charge is 2.53. The second kappa shape index (κ2) is 16.8. The molecule has 0 unspecified atom stereocenters. The minimum Gasteiger partial charge on any atom is -0.506 e. The average Bonchev–Trinajstić information content (AvgIpc) is 3.96. The molecule has 4 aromatic rings. The smallest absolute Gasteiger partial charge is 0.339 e. The van der Waals surface area contributed by atoms with Crippen molar-refractivity contribution in [1.29, 1.82) is 0 Å². The second-order valence-electron chi connectivity index (χ2n) is 14.7. The normalized spacial score (nSPS) is 23.8. The number of aromatic hydroxyl groups is 1. The zero-order chi connectivity index (χ0) is 41.7. The number of esters is 3. The van der Waals surface area contributed by atoms with E-state index >= 15 is 0 Å². The number of hydrogen-bond donors (Lipinski definition) is 2. The summed E-state index contributed by atoms with van der Waals surface area (Å²) in [5, 5.41) is 27.8. The molecule has 14 nitrogen and oxygen atoms in total. The van der Waals surface area contributed by atoms with Gasteiger partial charge in [0.1, 0.15) is 17.6 Å². The number of methoxy groups -OCH3 is 1. The lowest BCUT2D eigenvalue weighted by atomic mass is 9.96. The van der Waals surface area contributed by atoms with Crippen LogP contribution in [0.3, 0.4) is 0 Å². The lowest BCUT2D eigenvalue weighted by molar-refractivity contribution is -0.279. The maximum absolute atomic E-state index is 14.1. The molecular formula is C40H42Cl2N2O12S2. The molecule has 7 rings (SSSR count). The van der Waals surface area contributed by atoms with E-state index in [1.54, 1.807) is 21.9 Å². The summed E-state index contributed by atoms with van der Waals surface area (Å²) in [6, 6.07) is 3.28. The highest BCUT2D eigenvalue weighted by atomic mass is 35.5. The molecule has 0 saturated carbocycles. The summed E-state index contributed by atoms with van der Waals surface area (Å²) in [6.45, 7) is 6.74. The standard InChI is InChI=1S/C40H42Cl2N2O12S2/c1-17-15-57-37-25(47)9-23-31(29(17)37)21(11-41)13-43(23)27(48)7-6-8-28(49)44-14-22(12-42)32-24(44)10-26(38-30(32)18(2)16-58-38)55-40-35(54-20(4)46)33(50)34(53-19(3)45)36(56-40)39(51)52-5/h9-10,15-16,21-22,33-36,40,47,50H,6-8,11-14H2,1-5H3/t21-,22-,33+,34+,35-,36+,40-/m1/s1. The molecule has 1 fully saturated rings. The number of carbonyl (C=O) groups is 5. The Balaban J connectivity index is 1.14. The molecule has 2 aromatic carbocycles. The van der Waals surface area contributed by atoms with Gasteiger partial charge in [-0.25, -0.2) is 4.79 Å². The molecule has 18 heteroatoms. The molecule has 0 aliphatic carbocycles. The fourth-order valence-corrected chi connectivity index (χ4v) is 10.8. The Morgan fingerprint density at radius 1 is 0.828 bits per heavy atom. The number of aliphatic hydroxyl groups is 1. The van der Waals surface area contributed by atoms with Gasteiger partial charge in [-0.3, -0.25) is 19.2 Å². The molecule has 7 atom stereocenters. The number of nitrogens with zero attached hydrogens (tertiary/aromatic N) is 2. The summed E-state index contributed by atoms with van der Waals surface area (Å²) in [5.74, 6) is -2.52. The number of anilines is 2. The van der Waals surface area contributed by atoms with Gasteiger partial charge >= 0.3 is 17.9 Å². The van der Waals surface area contributed by atoms with E-state index in [9.17, 15) is 34.2 Å². The lowest BCUT2D eigenvalue weighted by Gasteiger charge is -2.41. The van der Waals surface area contributed by atoms with Crippen LogP contribution in [-0.2, 0) is 42.9 Å². The molecule has 3 aliphatic heterocycles. The van der Waals surface area contributed by atoms with Crippen LogP contribution in [0, 0.1) is 13.8 Å². The number of phenols is 1. The Hall–Kier alpha value is -4.19. The van der Waals surface area contributed by atoms with Gasteiger partial charge in [-0.2, -0.15) is 0 Å². The minimum absolute atomic E-state index is 0.0371. The number of fused-ring (bicyclic) bond motifs is 6. The molecule has 0 spiro atoms. The number of halogens is 2. The van der Waals surface area contributed by atoms with E-state index in [0.717, 1.165) is 58.7 Å². The Morgan fingerprint density at radius 2 is 1.34 bits per heavy atom. The molecule has 310 valence electrons. The molecule has 58 heavy (non-hydrogen) atoms. The molecule has 2 amide bonds. The van der Waals surface area contributed by atoms with Gasteiger partial charge in [0, 0.05) is 86.3 Å². The Bertz CT molecular complexity index is 2310. The van der Waals surface area contributed by atoms with Gasteiger partial charge in [0.05, 0.1) is 27.9 Å². The van der Waals surface area contributed by atoms with E-state index in [-0.39, 0.29) is 66.8 Å². The quantitative estimate of drug-likeness (QED) is 0.100. The first kappa shape index (κ1) is 42.0. The number of hydrogen-bond acceptors (Lipinski definition) is 14.